The molecule has 0 aromatic rings. The van der Waals surface area contributed by atoms with Crippen molar-refractivity contribution in [2.75, 3.05) is 0 Å². The fourth-order valence-corrected chi connectivity index (χ4v) is 8.76. The molecule has 2 aliphatic rings. The molecule has 0 heterocycles. The molecule has 0 spiro atoms. The van der Waals surface area contributed by atoms with Crippen molar-refractivity contribution in [3.05, 3.63) is 40.7 Å². The third-order valence-corrected chi connectivity index (χ3v) is 12.5. The standard InChI is InChI=1S/2C8H10.2Pb.Ti.8H/c2*1-6-4-5-7(2)8(6)3;;;;;;;;;;;/h2*6H,1-3H3;;;;;;;;;;;/q2*-1;;;+2;;;;;;;2*-1. The maximum absolute atomic E-state index is 3.46. The molecule has 2 rings (SSSR count). The van der Waals surface area contributed by atoms with Crippen molar-refractivity contribution in [1.29, 1.82) is 0 Å². The molecule has 19 heavy (non-hydrogen) atoms. The van der Waals surface area contributed by atoms with Crippen molar-refractivity contribution in [3.8, 4) is 0 Å². The largest absolute Gasteiger partial charge is 2.00 e. The Balaban J connectivity index is -0.000000270. The van der Waals surface area contributed by atoms with Gasteiger partial charge in [0.25, 0.3) is 0 Å². The summed E-state index contributed by atoms with van der Waals surface area (Å²) in [7, 11) is 0. The van der Waals surface area contributed by atoms with Gasteiger partial charge in [-0.15, -0.1) is 0 Å². The fraction of sp³-hybridized carbons (Fsp3) is 0.500. The number of rotatable bonds is 0. The van der Waals surface area contributed by atoms with Gasteiger partial charge in [0.2, 0.25) is 0 Å². The van der Waals surface area contributed by atoms with Crippen LogP contribution in [0, 0.1) is 24.0 Å². The van der Waals surface area contributed by atoms with Crippen LogP contribution >= 0.6 is 0 Å². The van der Waals surface area contributed by atoms with E-state index in [-0.39, 0.29) is 24.6 Å². The van der Waals surface area contributed by atoms with Crippen molar-refractivity contribution in [3.63, 3.8) is 0 Å². The van der Waals surface area contributed by atoms with Crippen LogP contribution in [0.25, 0.3) is 0 Å². The molecule has 2 atom stereocenters. The summed E-state index contributed by atoms with van der Waals surface area (Å²) in [5, 5.41) is 0. The first-order valence-corrected chi connectivity index (χ1v) is 14.6. The van der Waals surface area contributed by atoms with Crippen LogP contribution in [0.3, 0.4) is 0 Å². The molecule has 0 aromatic heterocycles. The Kier molecular flexibility index (Phi) is 9.55. The van der Waals surface area contributed by atoms with Gasteiger partial charge in [0.15, 0.2) is 0 Å². The molecule has 0 radical (unpaired) electrons. The second kappa shape index (κ2) is 8.84. The van der Waals surface area contributed by atoms with Crippen molar-refractivity contribution in [1.82, 2.24) is 0 Å². The zero-order valence-corrected chi connectivity index (χ0v) is 30.8. The predicted octanol–water partition coefficient (Wildman–Crippen LogP) is 2.27. The molecule has 0 saturated heterocycles. The van der Waals surface area contributed by atoms with Gasteiger partial charge in [0.05, 0.1) is 0 Å². The van der Waals surface area contributed by atoms with Crippen LogP contribution in [-0.4, -0.2) is 51.5 Å². The molecule has 0 aromatic carbocycles. The van der Waals surface area contributed by atoms with Gasteiger partial charge in [-0.1, -0.05) is 0 Å². The van der Waals surface area contributed by atoms with Crippen molar-refractivity contribution >= 4 is 51.5 Å². The normalized spacial score (nSPS) is 26.0. The molecule has 106 valence electrons. The molecule has 2 aliphatic carbocycles. The van der Waals surface area contributed by atoms with E-state index in [0.717, 1.165) is 0 Å². The zero-order valence-electron chi connectivity index (χ0n) is 15.7. The van der Waals surface area contributed by atoms with Crippen LogP contribution in [0.1, 0.15) is 44.4 Å². The Labute approximate surface area is 168 Å². The summed E-state index contributed by atoms with van der Waals surface area (Å²) in [6.07, 6.45) is 6.92. The summed E-state index contributed by atoms with van der Waals surface area (Å²) in [5.74, 6) is 1.23. The molecule has 0 fully saturated rings. The summed E-state index contributed by atoms with van der Waals surface area (Å²) in [6, 6.07) is 0. The van der Waals surface area contributed by atoms with Gasteiger partial charge >= 0.3 is 167 Å². The van der Waals surface area contributed by atoms with Gasteiger partial charge in [-0.25, -0.2) is 0 Å². The molecule has 0 amide bonds. The molecule has 0 N–H and O–H groups in total. The third-order valence-electron chi connectivity index (χ3n) is 4.47. The Hall–Kier alpha value is 1.52. The quantitative estimate of drug-likeness (QED) is 0.272. The second-order valence-electron chi connectivity index (χ2n) is 5.60. The van der Waals surface area contributed by atoms with Crippen LogP contribution in [-0.2, 0) is 21.7 Å². The van der Waals surface area contributed by atoms with Gasteiger partial charge in [-0.05, 0) is 0 Å². The Morgan fingerprint density at radius 2 is 1.05 bits per heavy atom. The maximum atomic E-state index is 3.46. The first-order valence-electron chi connectivity index (χ1n) is 6.81. The van der Waals surface area contributed by atoms with E-state index in [9.17, 15) is 0 Å². The van der Waals surface area contributed by atoms with E-state index >= 15 is 0 Å². The van der Waals surface area contributed by atoms with E-state index in [1.807, 2.05) is 0 Å². The van der Waals surface area contributed by atoms with E-state index < -0.39 is 0 Å². The number of allylic oxidation sites excluding steroid dienone is 8. The fourth-order valence-electron chi connectivity index (χ4n) is 2.32. The van der Waals surface area contributed by atoms with E-state index in [0.29, 0.717) is 63.4 Å². The van der Waals surface area contributed by atoms with Crippen LogP contribution in [0.5, 0.6) is 0 Å². The summed E-state index contributed by atoms with van der Waals surface area (Å²) in [4.78, 5) is 0. The Morgan fingerprint density at radius 1 is 0.789 bits per heavy atom. The zero-order chi connectivity index (χ0) is 14.0. The molecule has 2 unspecified atom stereocenters. The van der Waals surface area contributed by atoms with Crippen LogP contribution in [0.4, 0.5) is 0 Å². The van der Waals surface area contributed by atoms with Crippen molar-refractivity contribution in [2.45, 2.75) is 41.5 Å². The SMILES string of the molecule is CC1=C(C)C(C)[C-]=[C]1[PbH3].CC1=C(C)C(C)[C-]=[C]1[PbH3].[H-].[H-].[Ti+2]. The minimum atomic E-state index is 0. The van der Waals surface area contributed by atoms with Crippen molar-refractivity contribution in [2.24, 2.45) is 11.8 Å². The molecular formula is C16H28Pb2Ti-2. The van der Waals surface area contributed by atoms with Gasteiger partial charge in [0.1, 0.15) is 0 Å². The van der Waals surface area contributed by atoms with E-state index in [4.69, 9.17) is 0 Å². The molecule has 3 heteroatoms. The number of hydrogen-bond acceptors (Lipinski definition) is 0. The Bertz CT molecular complexity index is 433. The van der Waals surface area contributed by atoms with Crippen LogP contribution in [0.2, 0.25) is 0 Å². The summed E-state index contributed by atoms with van der Waals surface area (Å²) in [5.41, 5.74) is 6.13. The molecule has 0 saturated carbocycles. The van der Waals surface area contributed by atoms with Crippen LogP contribution in [0.15, 0.2) is 28.6 Å². The third kappa shape index (κ3) is 5.33. The van der Waals surface area contributed by atoms with Gasteiger partial charge in [-0.3, -0.25) is 0 Å². The maximum Gasteiger partial charge on any atom is 2.00 e. The van der Waals surface area contributed by atoms with Gasteiger partial charge < -0.3 is 2.85 Å². The van der Waals surface area contributed by atoms with E-state index in [2.05, 4.69) is 53.7 Å². The van der Waals surface area contributed by atoms with Gasteiger partial charge in [-0.2, -0.15) is 0 Å². The van der Waals surface area contributed by atoms with E-state index in [1.165, 1.54) is 22.3 Å². The number of hydrogen-bond donors (Lipinski definition) is 0. The minimum absolute atomic E-state index is 0. The van der Waals surface area contributed by atoms with E-state index in [1.54, 1.807) is 6.26 Å². The summed E-state index contributed by atoms with van der Waals surface area (Å²) < 4.78 is 3.11. The Morgan fingerprint density at radius 3 is 1.11 bits per heavy atom. The summed E-state index contributed by atoms with van der Waals surface area (Å²) >= 11 is 1.16. The minimum Gasteiger partial charge on any atom is -1.00 e. The molecular weight excluding hydrogens is 654 g/mol. The first-order chi connectivity index (χ1) is 8.25. The molecule has 0 aliphatic heterocycles. The van der Waals surface area contributed by atoms with Crippen LogP contribution < -0.4 is 0 Å². The molecule has 0 bridgehead atoms. The second-order valence-corrected chi connectivity index (χ2v) is 13.4. The monoisotopic (exact) mass is 684 g/mol. The predicted molar refractivity (Wildman–Crippen MR) is 90.7 cm³/mol. The average molecular weight is 683 g/mol. The summed E-state index contributed by atoms with van der Waals surface area (Å²) in [6.45, 7) is 13.3. The van der Waals surface area contributed by atoms with Gasteiger partial charge in [0, 0.05) is 0 Å². The topological polar surface area (TPSA) is 0 Å². The van der Waals surface area contributed by atoms with Crippen molar-refractivity contribution < 1.29 is 24.6 Å². The smallest absolute Gasteiger partial charge is 1.00 e. The average Bonchev–Trinajstić information content (AvgIpc) is 2.66. The first kappa shape index (κ1) is 20.5. The molecule has 0 nitrogen and oxygen atoms in total.